The molecule has 5 heteroatoms. The minimum Gasteiger partial charge on any atom is -0.324 e. The van der Waals surface area contributed by atoms with Crippen LogP contribution in [0.4, 0.5) is 10.1 Å². The van der Waals surface area contributed by atoms with Crippen LogP contribution in [-0.2, 0) is 4.79 Å². The topological polar surface area (TPSA) is 41.1 Å². The van der Waals surface area contributed by atoms with Crippen LogP contribution in [0.25, 0.3) is 0 Å². The molecule has 1 amide bonds. The number of halogens is 2. The van der Waals surface area contributed by atoms with Gasteiger partial charge < -0.3 is 10.6 Å². The van der Waals surface area contributed by atoms with E-state index in [4.69, 9.17) is 11.6 Å². The summed E-state index contributed by atoms with van der Waals surface area (Å²) >= 11 is 5.91. The summed E-state index contributed by atoms with van der Waals surface area (Å²) in [5, 5.41) is 6.12. The zero-order chi connectivity index (χ0) is 16.8. The van der Waals surface area contributed by atoms with Gasteiger partial charge >= 0.3 is 0 Å². The van der Waals surface area contributed by atoms with Gasteiger partial charge in [-0.15, -0.1) is 0 Å². The number of hydrogen-bond acceptors (Lipinski definition) is 2. The summed E-state index contributed by atoms with van der Waals surface area (Å²) in [4.78, 5) is 12.1. The molecule has 2 aromatic carbocycles. The van der Waals surface area contributed by atoms with Crippen LogP contribution >= 0.6 is 11.6 Å². The van der Waals surface area contributed by atoms with Crippen molar-refractivity contribution in [3.8, 4) is 0 Å². The molecule has 23 heavy (non-hydrogen) atoms. The van der Waals surface area contributed by atoms with Gasteiger partial charge in [0, 0.05) is 6.04 Å². The van der Waals surface area contributed by atoms with E-state index < -0.39 is 5.82 Å². The van der Waals surface area contributed by atoms with E-state index in [9.17, 15) is 9.18 Å². The third-order valence-electron chi connectivity index (χ3n) is 3.51. The van der Waals surface area contributed by atoms with Gasteiger partial charge in [-0.25, -0.2) is 4.39 Å². The van der Waals surface area contributed by atoms with Gasteiger partial charge in [0.05, 0.1) is 17.3 Å². The van der Waals surface area contributed by atoms with Crippen LogP contribution in [0, 0.1) is 11.7 Å². The Morgan fingerprint density at radius 3 is 2.48 bits per heavy atom. The lowest BCUT2D eigenvalue weighted by Gasteiger charge is -2.22. The fraction of sp³-hybridized carbons (Fsp3) is 0.278. The lowest BCUT2D eigenvalue weighted by molar-refractivity contribution is -0.115. The van der Waals surface area contributed by atoms with Gasteiger partial charge in [-0.1, -0.05) is 55.8 Å². The molecule has 2 N–H and O–H groups in total. The van der Waals surface area contributed by atoms with E-state index in [2.05, 4.69) is 24.5 Å². The van der Waals surface area contributed by atoms with Crippen molar-refractivity contribution in [3.63, 3.8) is 0 Å². The van der Waals surface area contributed by atoms with Crippen molar-refractivity contribution in [2.24, 2.45) is 5.92 Å². The molecule has 2 aromatic rings. The van der Waals surface area contributed by atoms with Crippen molar-refractivity contribution in [2.45, 2.75) is 19.9 Å². The first-order chi connectivity index (χ1) is 11.0. The lowest BCUT2D eigenvalue weighted by atomic mass is 9.96. The molecule has 0 heterocycles. The Hall–Kier alpha value is -1.91. The molecule has 0 aliphatic carbocycles. The van der Waals surface area contributed by atoms with E-state index in [0.717, 1.165) is 5.56 Å². The van der Waals surface area contributed by atoms with E-state index in [1.807, 2.05) is 30.3 Å². The van der Waals surface area contributed by atoms with Crippen molar-refractivity contribution in [1.29, 1.82) is 0 Å². The molecule has 0 fully saturated rings. The Kier molecular flexibility index (Phi) is 6.13. The average molecular weight is 335 g/mol. The summed E-state index contributed by atoms with van der Waals surface area (Å²) in [6, 6.07) is 13.9. The van der Waals surface area contributed by atoms with Crippen LogP contribution in [0.3, 0.4) is 0 Å². The number of nitrogens with one attached hydrogen (secondary N) is 2. The molecular weight excluding hydrogens is 315 g/mol. The van der Waals surface area contributed by atoms with Gasteiger partial charge in [-0.2, -0.15) is 0 Å². The molecule has 0 spiro atoms. The fourth-order valence-electron chi connectivity index (χ4n) is 2.39. The summed E-state index contributed by atoms with van der Waals surface area (Å²) in [6.45, 7) is 4.34. The summed E-state index contributed by atoms with van der Waals surface area (Å²) in [6.07, 6.45) is 0. The second-order valence-electron chi connectivity index (χ2n) is 5.69. The number of anilines is 1. The third-order valence-corrected chi connectivity index (χ3v) is 3.83. The van der Waals surface area contributed by atoms with Crippen molar-refractivity contribution in [2.75, 3.05) is 11.9 Å². The predicted molar refractivity (Wildman–Crippen MR) is 92.1 cm³/mol. The number of rotatable bonds is 6. The molecule has 122 valence electrons. The molecule has 0 radical (unpaired) electrons. The van der Waals surface area contributed by atoms with Crippen LogP contribution in [0.15, 0.2) is 48.5 Å². The maximum Gasteiger partial charge on any atom is 0.238 e. The van der Waals surface area contributed by atoms with Gasteiger partial charge in [0.2, 0.25) is 5.91 Å². The normalized spacial score (nSPS) is 12.2. The Labute approximate surface area is 140 Å². The average Bonchev–Trinajstić information content (AvgIpc) is 2.51. The van der Waals surface area contributed by atoms with Crippen molar-refractivity contribution < 1.29 is 9.18 Å². The second-order valence-corrected chi connectivity index (χ2v) is 6.09. The number of benzene rings is 2. The van der Waals surface area contributed by atoms with Crippen LogP contribution < -0.4 is 10.6 Å². The molecule has 0 aromatic heterocycles. The van der Waals surface area contributed by atoms with Crippen LogP contribution in [0.2, 0.25) is 5.02 Å². The van der Waals surface area contributed by atoms with Crippen molar-refractivity contribution in [1.82, 2.24) is 5.32 Å². The first-order valence-electron chi connectivity index (χ1n) is 7.50. The highest BCUT2D eigenvalue weighted by atomic mass is 35.5. The van der Waals surface area contributed by atoms with E-state index >= 15 is 0 Å². The Bertz CT molecular complexity index is 661. The predicted octanol–water partition coefficient (Wildman–Crippen LogP) is 4.40. The molecule has 0 saturated carbocycles. The molecule has 1 atom stereocenters. The lowest BCUT2D eigenvalue weighted by Crippen LogP contribution is -2.33. The van der Waals surface area contributed by atoms with Crippen LogP contribution in [0.5, 0.6) is 0 Å². The minimum atomic E-state index is -0.435. The molecule has 0 bridgehead atoms. The molecule has 0 unspecified atom stereocenters. The maximum absolute atomic E-state index is 13.0. The van der Waals surface area contributed by atoms with Crippen LogP contribution in [0.1, 0.15) is 25.5 Å². The summed E-state index contributed by atoms with van der Waals surface area (Å²) in [5.41, 5.74) is 1.54. The first-order valence-corrected chi connectivity index (χ1v) is 7.88. The van der Waals surface area contributed by atoms with Crippen LogP contribution in [-0.4, -0.2) is 12.5 Å². The number of carbonyl (C=O) groups is 1. The molecule has 0 aliphatic heterocycles. The van der Waals surface area contributed by atoms with E-state index in [1.165, 1.54) is 18.2 Å². The van der Waals surface area contributed by atoms with E-state index in [0.29, 0.717) is 11.6 Å². The number of carbonyl (C=O) groups excluding carboxylic acids is 1. The molecule has 0 saturated heterocycles. The quantitative estimate of drug-likeness (QED) is 0.821. The minimum absolute atomic E-state index is 0.0747. The first kappa shape index (κ1) is 17.4. The van der Waals surface area contributed by atoms with E-state index in [1.54, 1.807) is 0 Å². The SMILES string of the molecule is CC(C)[C@@H](NCC(=O)Nc1ccc(F)cc1Cl)c1ccccc1. The highest BCUT2D eigenvalue weighted by Gasteiger charge is 2.16. The monoisotopic (exact) mass is 334 g/mol. The zero-order valence-corrected chi connectivity index (χ0v) is 13.9. The summed E-state index contributed by atoms with van der Waals surface area (Å²) in [5.74, 6) is -0.324. The van der Waals surface area contributed by atoms with Gasteiger partial charge in [0.15, 0.2) is 0 Å². The standard InChI is InChI=1S/C18H20ClFN2O/c1-12(2)18(13-6-4-3-5-7-13)21-11-17(23)22-16-9-8-14(20)10-15(16)19/h3-10,12,18,21H,11H2,1-2H3,(H,22,23)/t18-/m1/s1. The fourth-order valence-corrected chi connectivity index (χ4v) is 2.60. The third kappa shape index (κ3) is 5.05. The highest BCUT2D eigenvalue weighted by Crippen LogP contribution is 2.23. The summed E-state index contributed by atoms with van der Waals surface area (Å²) in [7, 11) is 0. The highest BCUT2D eigenvalue weighted by molar-refractivity contribution is 6.33. The van der Waals surface area contributed by atoms with E-state index in [-0.39, 0.29) is 23.5 Å². The maximum atomic E-state index is 13.0. The van der Waals surface area contributed by atoms with Gasteiger partial charge in [-0.3, -0.25) is 4.79 Å². The number of amides is 1. The smallest absolute Gasteiger partial charge is 0.238 e. The molecule has 0 aliphatic rings. The number of hydrogen-bond donors (Lipinski definition) is 2. The van der Waals surface area contributed by atoms with Gasteiger partial charge in [-0.05, 0) is 29.7 Å². The largest absolute Gasteiger partial charge is 0.324 e. The van der Waals surface area contributed by atoms with Crippen molar-refractivity contribution >= 4 is 23.2 Å². The Morgan fingerprint density at radius 1 is 1.17 bits per heavy atom. The van der Waals surface area contributed by atoms with Crippen molar-refractivity contribution in [3.05, 3.63) is 64.9 Å². The molecular formula is C18H20ClFN2O. The van der Waals surface area contributed by atoms with Gasteiger partial charge in [0.25, 0.3) is 0 Å². The second kappa shape index (κ2) is 8.09. The zero-order valence-electron chi connectivity index (χ0n) is 13.1. The molecule has 3 nitrogen and oxygen atoms in total. The molecule has 2 rings (SSSR count). The Balaban J connectivity index is 1.97. The summed E-state index contributed by atoms with van der Waals surface area (Å²) < 4.78 is 13.0. The van der Waals surface area contributed by atoms with Gasteiger partial charge in [0.1, 0.15) is 5.82 Å². The Morgan fingerprint density at radius 2 is 1.87 bits per heavy atom.